The fraction of sp³-hybridized carbons (Fsp3) is 0.182. The largest absolute Gasteiger partial charge is 0.439 e. The molecule has 3 nitrogen and oxygen atoms in total. The average Bonchev–Trinajstić information content (AvgIpc) is 2.68. The van der Waals surface area contributed by atoms with Crippen molar-refractivity contribution in [2.45, 2.75) is 6.61 Å². The first-order valence-electron chi connectivity index (χ1n) is 4.49. The molecule has 0 fully saturated rings. The second-order valence-corrected chi connectivity index (χ2v) is 3.07. The molecule has 1 aromatic carbocycles. The van der Waals surface area contributed by atoms with Crippen molar-refractivity contribution in [2.75, 3.05) is 7.11 Å². The van der Waals surface area contributed by atoms with Gasteiger partial charge in [0.25, 0.3) is 0 Å². The number of aromatic nitrogens is 1. The highest BCUT2D eigenvalue weighted by Gasteiger charge is 2.05. The van der Waals surface area contributed by atoms with E-state index in [4.69, 9.17) is 9.15 Å². The third-order valence-corrected chi connectivity index (χ3v) is 1.93. The van der Waals surface area contributed by atoms with E-state index < -0.39 is 0 Å². The van der Waals surface area contributed by atoms with Crippen molar-refractivity contribution in [1.29, 1.82) is 0 Å². The maximum atomic E-state index is 12.7. The first-order chi connectivity index (χ1) is 7.29. The predicted molar refractivity (Wildman–Crippen MR) is 52.6 cm³/mol. The normalized spacial score (nSPS) is 10.5. The molecule has 0 aliphatic carbocycles. The number of hydrogen-bond donors (Lipinski definition) is 0. The monoisotopic (exact) mass is 207 g/mol. The van der Waals surface area contributed by atoms with Crippen molar-refractivity contribution in [3.8, 4) is 11.5 Å². The molecule has 0 amide bonds. The average molecular weight is 207 g/mol. The highest BCUT2D eigenvalue weighted by atomic mass is 19.1. The Kier molecular flexibility index (Phi) is 2.78. The van der Waals surface area contributed by atoms with E-state index in [0.717, 1.165) is 5.56 Å². The fourth-order valence-corrected chi connectivity index (χ4v) is 1.24. The Labute approximate surface area is 86.5 Å². The minimum Gasteiger partial charge on any atom is -0.439 e. The van der Waals surface area contributed by atoms with Crippen molar-refractivity contribution in [1.82, 2.24) is 4.98 Å². The summed E-state index contributed by atoms with van der Waals surface area (Å²) in [6, 6.07) is 5.99. The SMILES string of the molecule is COCc1cnc(-c2ccc(F)cc2)o1. The topological polar surface area (TPSA) is 35.3 Å². The number of hydrogen-bond acceptors (Lipinski definition) is 3. The Morgan fingerprint density at radius 3 is 2.73 bits per heavy atom. The van der Waals surface area contributed by atoms with Gasteiger partial charge in [-0.2, -0.15) is 0 Å². The lowest BCUT2D eigenvalue weighted by atomic mass is 10.2. The Hall–Kier alpha value is -1.68. The van der Waals surface area contributed by atoms with Gasteiger partial charge in [0.15, 0.2) is 5.76 Å². The zero-order valence-electron chi connectivity index (χ0n) is 8.24. The van der Waals surface area contributed by atoms with Gasteiger partial charge in [-0.05, 0) is 24.3 Å². The summed E-state index contributed by atoms with van der Waals surface area (Å²) >= 11 is 0. The Balaban J connectivity index is 2.25. The number of halogens is 1. The van der Waals surface area contributed by atoms with Gasteiger partial charge in [-0.15, -0.1) is 0 Å². The number of benzene rings is 1. The van der Waals surface area contributed by atoms with Gasteiger partial charge in [-0.3, -0.25) is 0 Å². The molecular formula is C11H10FNO2. The maximum absolute atomic E-state index is 12.7. The molecule has 78 valence electrons. The third kappa shape index (κ3) is 2.22. The second kappa shape index (κ2) is 4.23. The van der Waals surface area contributed by atoms with Crippen molar-refractivity contribution in [3.05, 3.63) is 42.0 Å². The Morgan fingerprint density at radius 2 is 2.07 bits per heavy atom. The molecule has 0 N–H and O–H groups in total. The second-order valence-electron chi connectivity index (χ2n) is 3.07. The van der Waals surface area contributed by atoms with Crippen LogP contribution in [-0.2, 0) is 11.3 Å². The van der Waals surface area contributed by atoms with E-state index in [1.54, 1.807) is 25.4 Å². The van der Waals surface area contributed by atoms with Crippen LogP contribution in [0.2, 0.25) is 0 Å². The smallest absolute Gasteiger partial charge is 0.226 e. The van der Waals surface area contributed by atoms with Crippen molar-refractivity contribution in [3.63, 3.8) is 0 Å². The molecule has 4 heteroatoms. The molecule has 1 aromatic heterocycles. The van der Waals surface area contributed by atoms with Crippen molar-refractivity contribution >= 4 is 0 Å². The lowest BCUT2D eigenvalue weighted by Crippen LogP contribution is -1.82. The van der Waals surface area contributed by atoms with Crippen LogP contribution >= 0.6 is 0 Å². The Morgan fingerprint density at radius 1 is 1.33 bits per heavy atom. The van der Waals surface area contributed by atoms with Gasteiger partial charge in [-0.1, -0.05) is 0 Å². The van der Waals surface area contributed by atoms with Gasteiger partial charge in [0.2, 0.25) is 5.89 Å². The van der Waals surface area contributed by atoms with E-state index in [-0.39, 0.29) is 5.82 Å². The number of methoxy groups -OCH3 is 1. The van der Waals surface area contributed by atoms with Crippen LogP contribution in [0.25, 0.3) is 11.5 Å². The highest BCUT2D eigenvalue weighted by Crippen LogP contribution is 2.19. The number of nitrogens with zero attached hydrogens (tertiary/aromatic N) is 1. The molecule has 0 atom stereocenters. The molecule has 0 spiro atoms. The molecule has 1 heterocycles. The summed E-state index contributed by atoms with van der Waals surface area (Å²) in [5, 5.41) is 0. The minimum absolute atomic E-state index is 0.276. The van der Waals surface area contributed by atoms with Gasteiger partial charge in [0.1, 0.15) is 12.4 Å². The van der Waals surface area contributed by atoms with Crippen molar-refractivity contribution in [2.24, 2.45) is 0 Å². The van der Waals surface area contributed by atoms with E-state index in [1.165, 1.54) is 12.1 Å². The summed E-state index contributed by atoms with van der Waals surface area (Å²) < 4.78 is 23.0. The maximum Gasteiger partial charge on any atom is 0.226 e. The van der Waals surface area contributed by atoms with Crippen LogP contribution < -0.4 is 0 Å². The summed E-state index contributed by atoms with van der Waals surface area (Å²) in [6.07, 6.45) is 1.60. The standard InChI is InChI=1S/C11H10FNO2/c1-14-7-10-6-13-11(15-10)8-2-4-9(12)5-3-8/h2-6H,7H2,1H3. The van der Waals surface area contributed by atoms with Gasteiger partial charge >= 0.3 is 0 Å². The zero-order valence-corrected chi connectivity index (χ0v) is 8.24. The minimum atomic E-state index is -0.276. The summed E-state index contributed by atoms with van der Waals surface area (Å²) in [4.78, 5) is 4.07. The molecule has 15 heavy (non-hydrogen) atoms. The molecule has 0 bridgehead atoms. The van der Waals surface area contributed by atoms with E-state index in [0.29, 0.717) is 18.3 Å². The van der Waals surface area contributed by atoms with Crippen molar-refractivity contribution < 1.29 is 13.5 Å². The predicted octanol–water partition coefficient (Wildman–Crippen LogP) is 2.63. The van der Waals surface area contributed by atoms with Crippen LogP contribution in [0.4, 0.5) is 4.39 Å². The van der Waals surface area contributed by atoms with Gasteiger partial charge in [0.05, 0.1) is 6.20 Å². The molecule has 2 rings (SSSR count). The molecule has 0 saturated heterocycles. The first kappa shape index (κ1) is 9.86. The molecule has 0 aliphatic rings. The summed E-state index contributed by atoms with van der Waals surface area (Å²) in [5.41, 5.74) is 0.749. The van der Waals surface area contributed by atoms with Gasteiger partial charge in [0, 0.05) is 12.7 Å². The van der Waals surface area contributed by atoms with Gasteiger partial charge in [-0.25, -0.2) is 9.37 Å². The van der Waals surface area contributed by atoms with Crippen LogP contribution in [0.5, 0.6) is 0 Å². The first-order valence-corrected chi connectivity index (χ1v) is 4.49. The van der Waals surface area contributed by atoms with Crippen LogP contribution in [0, 0.1) is 5.82 Å². The molecule has 0 unspecified atom stereocenters. The highest BCUT2D eigenvalue weighted by molar-refractivity contribution is 5.52. The molecule has 0 radical (unpaired) electrons. The lowest BCUT2D eigenvalue weighted by molar-refractivity contribution is 0.165. The molecule has 0 aliphatic heterocycles. The number of rotatable bonds is 3. The van der Waals surface area contributed by atoms with Crippen LogP contribution in [0.15, 0.2) is 34.9 Å². The van der Waals surface area contributed by atoms with Gasteiger partial charge < -0.3 is 9.15 Å². The number of ether oxygens (including phenoxy) is 1. The van der Waals surface area contributed by atoms with E-state index in [2.05, 4.69) is 4.98 Å². The molecular weight excluding hydrogens is 197 g/mol. The quantitative estimate of drug-likeness (QED) is 0.776. The summed E-state index contributed by atoms with van der Waals surface area (Å²) in [6.45, 7) is 0.383. The van der Waals surface area contributed by atoms with Crippen LogP contribution in [0.3, 0.4) is 0 Å². The lowest BCUT2D eigenvalue weighted by Gasteiger charge is -1.95. The van der Waals surface area contributed by atoms with Crippen LogP contribution in [-0.4, -0.2) is 12.1 Å². The molecule has 0 saturated carbocycles. The summed E-state index contributed by atoms with van der Waals surface area (Å²) in [5.74, 6) is 0.848. The summed E-state index contributed by atoms with van der Waals surface area (Å²) in [7, 11) is 1.58. The third-order valence-electron chi connectivity index (χ3n) is 1.93. The Bertz CT molecular complexity index is 436. The van der Waals surface area contributed by atoms with Crippen LogP contribution in [0.1, 0.15) is 5.76 Å². The molecule has 2 aromatic rings. The fourth-order valence-electron chi connectivity index (χ4n) is 1.24. The zero-order chi connectivity index (χ0) is 10.7. The van der Waals surface area contributed by atoms with E-state index in [1.807, 2.05) is 0 Å². The number of oxazole rings is 1. The van der Waals surface area contributed by atoms with E-state index in [9.17, 15) is 4.39 Å². The van der Waals surface area contributed by atoms with E-state index >= 15 is 0 Å².